The number of halogens is 1. The molecular weight excluding hydrogens is 335 g/mol. The maximum absolute atomic E-state index is 13.2. The Morgan fingerprint density at radius 3 is 2.88 bits per heavy atom. The molecule has 0 radical (unpaired) electrons. The summed E-state index contributed by atoms with van der Waals surface area (Å²) in [5, 5.41) is 6.81. The maximum atomic E-state index is 13.2. The number of nitrogens with zero attached hydrogens (tertiary/aromatic N) is 2. The number of aromatic nitrogens is 3. The topological polar surface area (TPSA) is 79.8 Å². The van der Waals surface area contributed by atoms with Gasteiger partial charge in [-0.1, -0.05) is 17.7 Å². The highest BCUT2D eigenvalue weighted by Gasteiger charge is 2.13. The maximum Gasteiger partial charge on any atom is 0.276 e. The van der Waals surface area contributed by atoms with E-state index in [4.69, 9.17) is 0 Å². The number of pyridine rings is 1. The third-order valence-corrected chi connectivity index (χ3v) is 4.16. The Kier molecular flexibility index (Phi) is 3.76. The molecule has 130 valence electrons. The highest BCUT2D eigenvalue weighted by molar-refractivity contribution is 6.03. The van der Waals surface area contributed by atoms with Crippen molar-refractivity contribution in [2.45, 2.75) is 13.5 Å². The van der Waals surface area contributed by atoms with Gasteiger partial charge in [0.25, 0.3) is 5.56 Å². The number of H-pyrrole nitrogens is 1. The second-order valence-corrected chi connectivity index (χ2v) is 6.13. The highest BCUT2D eigenvalue weighted by atomic mass is 19.1. The fourth-order valence-corrected chi connectivity index (χ4v) is 2.94. The van der Waals surface area contributed by atoms with E-state index in [1.54, 1.807) is 6.07 Å². The molecule has 0 unspecified atom stereocenters. The standard InChI is InChI=1S/C19H15FN4O2/c1-11-5-6-16-14(7-11)18-15(9-21-16)19(26)24(23-18)10-17(25)22-13-4-2-3-12(20)8-13/h2-9,23H,10H2,1H3,(H,22,25). The second kappa shape index (κ2) is 6.11. The van der Waals surface area contributed by atoms with E-state index in [2.05, 4.69) is 15.4 Å². The second-order valence-electron chi connectivity index (χ2n) is 6.13. The molecule has 0 aliphatic heterocycles. The number of anilines is 1. The van der Waals surface area contributed by atoms with Gasteiger partial charge in [0.1, 0.15) is 12.4 Å². The van der Waals surface area contributed by atoms with Gasteiger partial charge in [0.2, 0.25) is 5.91 Å². The molecule has 0 aliphatic rings. The van der Waals surface area contributed by atoms with Crippen LogP contribution in [-0.4, -0.2) is 20.7 Å². The van der Waals surface area contributed by atoms with Crippen LogP contribution in [0.4, 0.5) is 10.1 Å². The molecule has 0 saturated heterocycles. The molecule has 2 aromatic carbocycles. The molecule has 2 aromatic heterocycles. The van der Waals surface area contributed by atoms with Crippen LogP contribution in [0.1, 0.15) is 5.56 Å². The average Bonchev–Trinajstić information content (AvgIpc) is 2.91. The molecule has 1 amide bonds. The van der Waals surface area contributed by atoms with Gasteiger partial charge in [0.05, 0.1) is 16.4 Å². The van der Waals surface area contributed by atoms with Crippen LogP contribution >= 0.6 is 0 Å². The van der Waals surface area contributed by atoms with E-state index in [0.29, 0.717) is 16.6 Å². The first-order valence-electron chi connectivity index (χ1n) is 8.04. The van der Waals surface area contributed by atoms with Gasteiger partial charge in [-0.15, -0.1) is 0 Å². The molecule has 26 heavy (non-hydrogen) atoms. The van der Waals surface area contributed by atoms with Crippen molar-refractivity contribution >= 4 is 33.4 Å². The number of hydrogen-bond donors (Lipinski definition) is 2. The van der Waals surface area contributed by atoms with Crippen molar-refractivity contribution in [3.63, 3.8) is 0 Å². The Morgan fingerprint density at radius 1 is 1.23 bits per heavy atom. The minimum absolute atomic E-state index is 0.211. The van der Waals surface area contributed by atoms with Crippen LogP contribution in [0.5, 0.6) is 0 Å². The van der Waals surface area contributed by atoms with E-state index in [1.165, 1.54) is 29.1 Å². The lowest BCUT2D eigenvalue weighted by atomic mass is 10.1. The molecule has 4 aromatic rings. The number of fused-ring (bicyclic) bond motifs is 3. The molecule has 7 heteroatoms. The highest BCUT2D eigenvalue weighted by Crippen LogP contribution is 2.21. The number of rotatable bonds is 3. The Bertz CT molecular complexity index is 1210. The summed E-state index contributed by atoms with van der Waals surface area (Å²) in [5.74, 6) is -0.879. The SMILES string of the molecule is Cc1ccc2ncc3c(=O)n(CC(=O)Nc4cccc(F)c4)[nH]c3c2c1. The Morgan fingerprint density at radius 2 is 2.08 bits per heavy atom. The predicted molar refractivity (Wildman–Crippen MR) is 97.6 cm³/mol. The Hall–Kier alpha value is -3.48. The number of nitrogens with one attached hydrogen (secondary N) is 2. The molecule has 6 nitrogen and oxygen atoms in total. The van der Waals surface area contributed by atoms with E-state index in [1.807, 2.05) is 25.1 Å². The molecule has 2 heterocycles. The van der Waals surface area contributed by atoms with Crippen LogP contribution in [0.2, 0.25) is 0 Å². The van der Waals surface area contributed by atoms with E-state index in [0.717, 1.165) is 16.5 Å². The average molecular weight is 350 g/mol. The first-order chi connectivity index (χ1) is 12.5. The quantitative estimate of drug-likeness (QED) is 0.596. The molecule has 0 bridgehead atoms. The summed E-state index contributed by atoms with van der Waals surface area (Å²) in [6.45, 7) is 1.75. The number of carbonyl (C=O) groups is 1. The summed E-state index contributed by atoms with van der Waals surface area (Å²) < 4.78 is 14.4. The summed E-state index contributed by atoms with van der Waals surface area (Å²) in [6.07, 6.45) is 1.51. The number of hydrogen-bond acceptors (Lipinski definition) is 3. The molecule has 4 rings (SSSR count). The predicted octanol–water partition coefficient (Wildman–Crippen LogP) is 2.96. The van der Waals surface area contributed by atoms with Crippen LogP contribution in [0, 0.1) is 12.7 Å². The number of benzene rings is 2. The number of aromatic amines is 1. The van der Waals surface area contributed by atoms with Gasteiger partial charge < -0.3 is 5.32 Å². The third kappa shape index (κ3) is 2.83. The summed E-state index contributed by atoms with van der Waals surface area (Å²) in [7, 11) is 0. The fourth-order valence-electron chi connectivity index (χ4n) is 2.94. The molecule has 0 spiro atoms. The molecule has 0 saturated carbocycles. The normalized spacial score (nSPS) is 11.2. The Labute approximate surface area is 147 Å². The number of aryl methyl sites for hydroxylation is 1. The van der Waals surface area contributed by atoms with Gasteiger partial charge in [-0.25, -0.2) is 9.07 Å². The van der Waals surface area contributed by atoms with E-state index in [9.17, 15) is 14.0 Å². The third-order valence-electron chi connectivity index (χ3n) is 4.16. The molecule has 0 aliphatic carbocycles. The minimum atomic E-state index is -0.446. The lowest BCUT2D eigenvalue weighted by molar-refractivity contribution is -0.116. The molecule has 0 fully saturated rings. The van der Waals surface area contributed by atoms with E-state index in [-0.39, 0.29) is 12.1 Å². The first kappa shape index (κ1) is 16.0. The van der Waals surface area contributed by atoms with Crippen molar-refractivity contribution in [2.75, 3.05) is 5.32 Å². The van der Waals surface area contributed by atoms with Crippen LogP contribution < -0.4 is 10.9 Å². The summed E-state index contributed by atoms with van der Waals surface area (Å²) in [4.78, 5) is 29.1. The summed E-state index contributed by atoms with van der Waals surface area (Å²) in [6, 6.07) is 11.4. The van der Waals surface area contributed by atoms with Gasteiger partial charge in [0.15, 0.2) is 0 Å². The van der Waals surface area contributed by atoms with Crippen molar-refractivity contribution in [1.82, 2.24) is 14.8 Å². The molecular formula is C19H15FN4O2. The largest absolute Gasteiger partial charge is 0.324 e. The van der Waals surface area contributed by atoms with E-state index >= 15 is 0 Å². The van der Waals surface area contributed by atoms with Crippen LogP contribution in [0.15, 0.2) is 53.5 Å². The van der Waals surface area contributed by atoms with Gasteiger partial charge in [0, 0.05) is 17.3 Å². The number of carbonyl (C=O) groups excluding carboxylic acids is 1. The van der Waals surface area contributed by atoms with E-state index < -0.39 is 11.7 Å². The summed E-state index contributed by atoms with van der Waals surface area (Å²) in [5.41, 5.74) is 2.46. The van der Waals surface area contributed by atoms with Crippen molar-refractivity contribution in [2.24, 2.45) is 0 Å². The zero-order valence-electron chi connectivity index (χ0n) is 13.9. The van der Waals surface area contributed by atoms with Crippen molar-refractivity contribution in [1.29, 1.82) is 0 Å². The van der Waals surface area contributed by atoms with Gasteiger partial charge in [-0.3, -0.25) is 19.7 Å². The fraction of sp³-hybridized carbons (Fsp3) is 0.105. The molecule has 0 atom stereocenters. The van der Waals surface area contributed by atoms with Gasteiger partial charge in [-0.05, 0) is 37.3 Å². The van der Waals surface area contributed by atoms with Crippen LogP contribution in [0.25, 0.3) is 21.8 Å². The monoisotopic (exact) mass is 350 g/mol. The Balaban J connectivity index is 1.69. The minimum Gasteiger partial charge on any atom is -0.324 e. The first-order valence-corrected chi connectivity index (χ1v) is 8.04. The smallest absolute Gasteiger partial charge is 0.276 e. The number of amides is 1. The van der Waals surface area contributed by atoms with Crippen LogP contribution in [-0.2, 0) is 11.3 Å². The zero-order valence-corrected chi connectivity index (χ0v) is 13.9. The van der Waals surface area contributed by atoms with Crippen molar-refractivity contribution in [3.05, 3.63) is 70.4 Å². The lowest BCUT2D eigenvalue weighted by Crippen LogP contribution is -2.26. The van der Waals surface area contributed by atoms with Crippen molar-refractivity contribution in [3.8, 4) is 0 Å². The van der Waals surface area contributed by atoms with Gasteiger partial charge >= 0.3 is 0 Å². The lowest BCUT2D eigenvalue weighted by Gasteiger charge is -2.05. The summed E-state index contributed by atoms with van der Waals surface area (Å²) >= 11 is 0. The van der Waals surface area contributed by atoms with Gasteiger partial charge in [-0.2, -0.15) is 0 Å². The van der Waals surface area contributed by atoms with Crippen LogP contribution in [0.3, 0.4) is 0 Å². The zero-order chi connectivity index (χ0) is 18.3. The molecule has 2 N–H and O–H groups in total. The van der Waals surface area contributed by atoms with Crippen molar-refractivity contribution < 1.29 is 9.18 Å².